The SMILES string of the molecule is CC1(C)NC(=O)N(CCCN2CCC(n3c(=O)[nH]c4ccccc43)CC2)C1=O. The molecule has 4 rings (SSSR count). The zero-order valence-electron chi connectivity index (χ0n) is 16.4. The second-order valence-corrected chi connectivity index (χ2v) is 8.26. The molecule has 0 bridgehead atoms. The first-order valence-electron chi connectivity index (χ1n) is 9.92. The van der Waals surface area contributed by atoms with E-state index in [4.69, 9.17) is 0 Å². The summed E-state index contributed by atoms with van der Waals surface area (Å²) < 4.78 is 1.89. The molecule has 2 aliphatic heterocycles. The Balaban J connectivity index is 1.30. The van der Waals surface area contributed by atoms with Crippen LogP contribution >= 0.6 is 0 Å². The van der Waals surface area contributed by atoms with E-state index in [1.807, 2.05) is 28.8 Å². The number of piperidine rings is 1. The lowest BCUT2D eigenvalue weighted by Gasteiger charge is -2.32. The van der Waals surface area contributed by atoms with E-state index in [-0.39, 0.29) is 23.7 Å². The smallest absolute Gasteiger partial charge is 0.324 e. The van der Waals surface area contributed by atoms with Crippen LogP contribution in [-0.4, -0.2) is 63.0 Å². The molecule has 0 atom stereocenters. The number of hydrogen-bond donors (Lipinski definition) is 2. The van der Waals surface area contributed by atoms with Crippen molar-refractivity contribution in [3.63, 3.8) is 0 Å². The van der Waals surface area contributed by atoms with E-state index in [1.165, 1.54) is 4.90 Å². The summed E-state index contributed by atoms with van der Waals surface area (Å²) in [4.78, 5) is 43.1. The minimum absolute atomic E-state index is 0.0409. The van der Waals surface area contributed by atoms with Crippen molar-refractivity contribution in [2.45, 2.75) is 44.7 Å². The quantitative estimate of drug-likeness (QED) is 0.767. The highest BCUT2D eigenvalue weighted by Gasteiger charge is 2.43. The third-order valence-electron chi connectivity index (χ3n) is 5.85. The number of para-hydroxylation sites is 2. The Morgan fingerprint density at radius 1 is 1.07 bits per heavy atom. The Bertz CT molecular complexity index is 952. The van der Waals surface area contributed by atoms with Crippen LogP contribution in [0.5, 0.6) is 0 Å². The maximum atomic E-state index is 12.4. The molecule has 2 N–H and O–H groups in total. The average molecular weight is 385 g/mol. The van der Waals surface area contributed by atoms with Crippen molar-refractivity contribution in [2.24, 2.45) is 0 Å². The number of likely N-dealkylation sites (tertiary alicyclic amines) is 1. The maximum Gasteiger partial charge on any atom is 0.326 e. The van der Waals surface area contributed by atoms with Crippen LogP contribution < -0.4 is 11.0 Å². The number of aromatic nitrogens is 2. The van der Waals surface area contributed by atoms with Crippen LogP contribution in [0.3, 0.4) is 0 Å². The fraction of sp³-hybridized carbons (Fsp3) is 0.550. The van der Waals surface area contributed by atoms with Gasteiger partial charge in [-0.2, -0.15) is 0 Å². The number of nitrogens with one attached hydrogen (secondary N) is 2. The molecule has 2 saturated heterocycles. The van der Waals surface area contributed by atoms with E-state index in [2.05, 4.69) is 15.2 Å². The number of H-pyrrole nitrogens is 1. The number of amides is 3. The topological polar surface area (TPSA) is 90.4 Å². The molecule has 2 aliphatic rings. The van der Waals surface area contributed by atoms with Crippen molar-refractivity contribution < 1.29 is 9.59 Å². The van der Waals surface area contributed by atoms with Crippen LogP contribution in [0.15, 0.2) is 29.1 Å². The minimum Gasteiger partial charge on any atom is -0.324 e. The molecule has 0 radical (unpaired) electrons. The van der Waals surface area contributed by atoms with Crippen molar-refractivity contribution in [1.29, 1.82) is 0 Å². The molecule has 1 aromatic carbocycles. The molecule has 8 nitrogen and oxygen atoms in total. The van der Waals surface area contributed by atoms with Crippen LogP contribution in [0, 0.1) is 0 Å². The Labute approximate surface area is 163 Å². The number of carbonyl (C=O) groups is 2. The highest BCUT2D eigenvalue weighted by atomic mass is 16.2. The van der Waals surface area contributed by atoms with Gasteiger partial charge in [-0.1, -0.05) is 12.1 Å². The third kappa shape index (κ3) is 3.32. The van der Waals surface area contributed by atoms with Gasteiger partial charge in [0.15, 0.2) is 0 Å². The number of hydrogen-bond acceptors (Lipinski definition) is 4. The summed E-state index contributed by atoms with van der Waals surface area (Å²) in [5.41, 5.74) is 1.00. The molecule has 3 heterocycles. The molecular formula is C20H27N5O3. The van der Waals surface area contributed by atoms with Gasteiger partial charge in [-0.05, 0) is 51.8 Å². The number of urea groups is 1. The molecule has 1 aromatic heterocycles. The Hall–Kier alpha value is -2.61. The van der Waals surface area contributed by atoms with Gasteiger partial charge < -0.3 is 15.2 Å². The largest absolute Gasteiger partial charge is 0.326 e. The van der Waals surface area contributed by atoms with E-state index < -0.39 is 5.54 Å². The van der Waals surface area contributed by atoms with Gasteiger partial charge in [0.2, 0.25) is 0 Å². The number of benzene rings is 1. The molecular weight excluding hydrogens is 358 g/mol. The standard InChI is InChI=1S/C20H27N5O3/c1-20(2)17(26)24(19(28)22-20)11-5-10-23-12-8-14(9-13-23)25-16-7-4-3-6-15(16)21-18(25)27/h3-4,6-7,14H,5,8-13H2,1-2H3,(H,21,27)(H,22,28). The fourth-order valence-electron chi connectivity index (χ4n) is 4.31. The second kappa shape index (κ2) is 7.09. The summed E-state index contributed by atoms with van der Waals surface area (Å²) in [6, 6.07) is 7.70. The molecule has 0 aliphatic carbocycles. The third-order valence-corrected chi connectivity index (χ3v) is 5.85. The number of carbonyl (C=O) groups excluding carboxylic acids is 2. The Morgan fingerprint density at radius 3 is 2.46 bits per heavy atom. The zero-order valence-corrected chi connectivity index (χ0v) is 16.4. The summed E-state index contributed by atoms with van der Waals surface area (Å²) in [6.07, 6.45) is 2.59. The highest BCUT2D eigenvalue weighted by Crippen LogP contribution is 2.25. The first-order valence-corrected chi connectivity index (χ1v) is 9.92. The summed E-state index contributed by atoms with van der Waals surface area (Å²) in [5, 5.41) is 2.71. The van der Waals surface area contributed by atoms with E-state index in [1.54, 1.807) is 13.8 Å². The first kappa shape index (κ1) is 18.7. The van der Waals surface area contributed by atoms with Gasteiger partial charge in [0.1, 0.15) is 5.54 Å². The molecule has 0 spiro atoms. The maximum absolute atomic E-state index is 12.4. The van der Waals surface area contributed by atoms with Gasteiger partial charge in [0, 0.05) is 25.7 Å². The van der Waals surface area contributed by atoms with Crippen molar-refractivity contribution >= 4 is 23.0 Å². The van der Waals surface area contributed by atoms with Crippen LogP contribution in [0.4, 0.5) is 4.79 Å². The zero-order chi connectivity index (χ0) is 19.9. The molecule has 0 unspecified atom stereocenters. The van der Waals surface area contributed by atoms with Crippen molar-refractivity contribution in [1.82, 2.24) is 24.7 Å². The van der Waals surface area contributed by atoms with E-state index in [0.717, 1.165) is 49.9 Å². The van der Waals surface area contributed by atoms with Crippen LogP contribution in [0.25, 0.3) is 11.0 Å². The lowest BCUT2D eigenvalue weighted by atomic mass is 10.0. The first-order chi connectivity index (χ1) is 13.4. The lowest BCUT2D eigenvalue weighted by Crippen LogP contribution is -2.41. The average Bonchev–Trinajstić information content (AvgIpc) is 3.09. The normalized spacial score (nSPS) is 20.9. The Morgan fingerprint density at radius 2 is 1.79 bits per heavy atom. The summed E-state index contributed by atoms with van der Waals surface area (Å²) in [7, 11) is 0. The number of rotatable bonds is 5. The number of imidazole rings is 1. The summed E-state index contributed by atoms with van der Waals surface area (Å²) in [5.74, 6) is -0.157. The lowest BCUT2D eigenvalue weighted by molar-refractivity contribution is -0.130. The van der Waals surface area contributed by atoms with Crippen molar-refractivity contribution in [3.8, 4) is 0 Å². The minimum atomic E-state index is -0.804. The Kier molecular flexibility index (Phi) is 4.74. The molecule has 2 fully saturated rings. The van der Waals surface area contributed by atoms with Gasteiger partial charge in [0.25, 0.3) is 5.91 Å². The van der Waals surface area contributed by atoms with Crippen molar-refractivity contribution in [3.05, 3.63) is 34.7 Å². The number of fused-ring (bicyclic) bond motifs is 1. The molecule has 8 heteroatoms. The molecule has 3 amide bonds. The molecule has 0 saturated carbocycles. The summed E-state index contributed by atoms with van der Waals surface area (Å²) in [6.45, 7) is 6.54. The van der Waals surface area contributed by atoms with Crippen molar-refractivity contribution in [2.75, 3.05) is 26.2 Å². The second-order valence-electron chi connectivity index (χ2n) is 8.26. The number of aromatic amines is 1. The summed E-state index contributed by atoms with van der Waals surface area (Å²) >= 11 is 0. The molecule has 150 valence electrons. The van der Waals surface area contributed by atoms with Gasteiger partial charge in [-0.25, -0.2) is 9.59 Å². The molecule has 28 heavy (non-hydrogen) atoms. The van der Waals surface area contributed by atoms with E-state index in [0.29, 0.717) is 6.54 Å². The van der Waals surface area contributed by atoms with Crippen LogP contribution in [-0.2, 0) is 4.79 Å². The number of nitrogens with zero attached hydrogens (tertiary/aromatic N) is 3. The predicted molar refractivity (Wildman–Crippen MR) is 106 cm³/mol. The van der Waals surface area contributed by atoms with Gasteiger partial charge in [-0.15, -0.1) is 0 Å². The number of imide groups is 1. The monoisotopic (exact) mass is 385 g/mol. The van der Waals surface area contributed by atoms with E-state index in [9.17, 15) is 14.4 Å². The van der Waals surface area contributed by atoms with Gasteiger partial charge in [-0.3, -0.25) is 14.3 Å². The highest BCUT2D eigenvalue weighted by molar-refractivity contribution is 6.06. The predicted octanol–water partition coefficient (Wildman–Crippen LogP) is 1.69. The van der Waals surface area contributed by atoms with Crippen LogP contribution in [0.2, 0.25) is 0 Å². The molecule has 2 aromatic rings. The van der Waals surface area contributed by atoms with Gasteiger partial charge >= 0.3 is 11.7 Å². The van der Waals surface area contributed by atoms with E-state index >= 15 is 0 Å². The van der Waals surface area contributed by atoms with Crippen LogP contribution in [0.1, 0.15) is 39.2 Å². The van der Waals surface area contributed by atoms with Gasteiger partial charge in [0.05, 0.1) is 11.0 Å². The fourth-order valence-corrected chi connectivity index (χ4v) is 4.31.